The second kappa shape index (κ2) is 11.0. The van der Waals surface area contributed by atoms with Crippen LogP contribution in [-0.4, -0.2) is 63.4 Å². The third kappa shape index (κ3) is 5.58. The van der Waals surface area contributed by atoms with Gasteiger partial charge in [0.05, 0.1) is 18.4 Å². The maximum atomic E-state index is 12.9. The monoisotopic (exact) mass is 489 g/mol. The van der Waals surface area contributed by atoms with Crippen molar-refractivity contribution in [3.05, 3.63) is 33.5 Å². The van der Waals surface area contributed by atoms with Gasteiger partial charge in [0, 0.05) is 55.9 Å². The molecule has 9 heteroatoms. The number of anilines is 1. The molecule has 0 spiro atoms. The summed E-state index contributed by atoms with van der Waals surface area (Å²) in [6, 6.07) is 0. The van der Waals surface area contributed by atoms with Crippen molar-refractivity contribution in [1.29, 1.82) is 0 Å². The molecule has 7 nitrogen and oxygen atoms in total. The van der Waals surface area contributed by atoms with Gasteiger partial charge in [0.2, 0.25) is 0 Å². The Morgan fingerprint density at radius 2 is 1.91 bits per heavy atom. The maximum absolute atomic E-state index is 12.9. The van der Waals surface area contributed by atoms with Crippen LogP contribution in [0.25, 0.3) is 0 Å². The fraction of sp³-hybridized carbons (Fsp3) is 0.625. The van der Waals surface area contributed by atoms with Gasteiger partial charge in [0.15, 0.2) is 5.11 Å². The van der Waals surface area contributed by atoms with Crippen LogP contribution in [0.2, 0.25) is 0 Å². The molecule has 33 heavy (non-hydrogen) atoms. The number of carbonyl (C=O) groups excluding carboxylic acids is 1. The minimum atomic E-state index is -0.225. The van der Waals surface area contributed by atoms with E-state index in [1.165, 1.54) is 41.0 Å². The van der Waals surface area contributed by atoms with Crippen molar-refractivity contribution in [2.45, 2.75) is 58.9 Å². The van der Waals surface area contributed by atoms with Crippen LogP contribution in [0.1, 0.15) is 64.7 Å². The summed E-state index contributed by atoms with van der Waals surface area (Å²) in [5.41, 5.74) is 4.39. The fourth-order valence-electron chi connectivity index (χ4n) is 4.65. The summed E-state index contributed by atoms with van der Waals surface area (Å²) in [5.74, 6) is -0.225. The van der Waals surface area contributed by atoms with Gasteiger partial charge in [-0.2, -0.15) is 5.10 Å². The lowest BCUT2D eigenvalue weighted by Crippen LogP contribution is -2.49. The summed E-state index contributed by atoms with van der Waals surface area (Å²) >= 11 is 7.48. The number of carbonyl (C=O) groups is 1. The summed E-state index contributed by atoms with van der Waals surface area (Å²) in [7, 11) is 1.98. The molecule has 4 rings (SSSR count). The van der Waals surface area contributed by atoms with Gasteiger partial charge in [-0.05, 0) is 57.3 Å². The average Bonchev–Trinajstić information content (AvgIpc) is 3.28. The van der Waals surface area contributed by atoms with Crippen molar-refractivity contribution in [3.8, 4) is 0 Å². The van der Waals surface area contributed by atoms with Crippen molar-refractivity contribution in [2.75, 3.05) is 38.1 Å². The topological polar surface area (TPSA) is 62.6 Å². The highest BCUT2D eigenvalue weighted by molar-refractivity contribution is 7.80. The van der Waals surface area contributed by atoms with Crippen LogP contribution < -0.4 is 5.32 Å². The fourth-order valence-corrected chi connectivity index (χ4v) is 6.28. The predicted octanol–water partition coefficient (Wildman–Crippen LogP) is 4.14. The summed E-state index contributed by atoms with van der Waals surface area (Å²) in [5, 5.41) is 9.36. The third-order valence-corrected chi connectivity index (χ3v) is 8.33. The highest BCUT2D eigenvalue weighted by atomic mass is 32.1. The van der Waals surface area contributed by atoms with Crippen molar-refractivity contribution in [3.63, 3.8) is 0 Å². The number of fused-ring (bicyclic) bond motifs is 1. The molecule has 0 unspecified atom stereocenters. The Morgan fingerprint density at radius 1 is 1.18 bits per heavy atom. The molecular weight excluding hydrogens is 454 g/mol. The highest BCUT2D eigenvalue weighted by Gasteiger charge is 2.27. The number of thiocarbonyl (C=S) groups is 1. The zero-order valence-corrected chi connectivity index (χ0v) is 21.6. The molecule has 0 aromatic carbocycles. The Kier molecular flexibility index (Phi) is 8.03. The lowest BCUT2D eigenvalue weighted by Gasteiger charge is -2.36. The van der Waals surface area contributed by atoms with E-state index >= 15 is 0 Å². The first-order valence-electron chi connectivity index (χ1n) is 12.0. The van der Waals surface area contributed by atoms with Crippen LogP contribution >= 0.6 is 23.6 Å². The van der Waals surface area contributed by atoms with Crippen LogP contribution in [0, 0.1) is 6.92 Å². The number of ether oxygens (including phenoxy) is 1. The zero-order chi connectivity index (χ0) is 23.4. The third-order valence-electron chi connectivity index (χ3n) is 6.76. The predicted molar refractivity (Wildman–Crippen MR) is 137 cm³/mol. The highest BCUT2D eigenvalue weighted by Crippen LogP contribution is 2.37. The maximum Gasteiger partial charge on any atom is 0.341 e. The molecular formula is C24H35N5O2S2. The molecule has 1 N–H and O–H groups in total. The number of aryl methyl sites for hydroxylation is 2. The first kappa shape index (κ1) is 24.2. The second-order valence-electron chi connectivity index (χ2n) is 8.91. The Labute approximate surface area is 206 Å². The molecule has 1 aliphatic heterocycles. The molecule has 180 valence electrons. The van der Waals surface area contributed by atoms with E-state index in [2.05, 4.69) is 27.1 Å². The van der Waals surface area contributed by atoms with Crippen LogP contribution in [0.4, 0.5) is 5.00 Å². The summed E-state index contributed by atoms with van der Waals surface area (Å²) in [6.45, 7) is 8.89. The lowest BCUT2D eigenvalue weighted by atomic mass is 9.96. The average molecular weight is 490 g/mol. The molecule has 2 aromatic heterocycles. The Hall–Kier alpha value is -1.97. The standard InChI is InChI=1S/C24H35N5O2S2/c1-4-31-23(30)21-19-9-7-5-6-8-10-20(19)33-22(21)26-24(32)29-13-11-28(12-14-29)16-18-15-25-27(3)17(18)2/h15H,4-14,16H2,1-3H3,(H,26,32). The van der Waals surface area contributed by atoms with E-state index in [9.17, 15) is 4.79 Å². The molecule has 1 aliphatic carbocycles. The van der Waals surface area contributed by atoms with Gasteiger partial charge in [0.1, 0.15) is 5.00 Å². The molecule has 0 bridgehead atoms. The summed E-state index contributed by atoms with van der Waals surface area (Å²) < 4.78 is 7.36. The van der Waals surface area contributed by atoms with Gasteiger partial charge in [-0.25, -0.2) is 4.79 Å². The number of hydrogen-bond donors (Lipinski definition) is 1. The smallest absolute Gasteiger partial charge is 0.341 e. The van der Waals surface area contributed by atoms with Crippen molar-refractivity contribution < 1.29 is 9.53 Å². The number of nitrogens with zero attached hydrogens (tertiary/aromatic N) is 4. The number of esters is 1. The van der Waals surface area contributed by atoms with Crippen LogP contribution in [0.15, 0.2) is 6.20 Å². The van der Waals surface area contributed by atoms with E-state index in [0.717, 1.165) is 57.0 Å². The van der Waals surface area contributed by atoms with E-state index in [1.54, 1.807) is 11.3 Å². The molecule has 3 heterocycles. The first-order valence-corrected chi connectivity index (χ1v) is 13.3. The van der Waals surface area contributed by atoms with Gasteiger partial charge >= 0.3 is 5.97 Å². The summed E-state index contributed by atoms with van der Waals surface area (Å²) in [4.78, 5) is 18.9. The zero-order valence-electron chi connectivity index (χ0n) is 20.0. The van der Waals surface area contributed by atoms with E-state index < -0.39 is 0 Å². The number of nitrogens with one attached hydrogen (secondary N) is 1. The van der Waals surface area contributed by atoms with Gasteiger partial charge in [-0.15, -0.1) is 11.3 Å². The molecule has 0 saturated carbocycles. The van der Waals surface area contributed by atoms with Crippen LogP contribution in [-0.2, 0) is 31.2 Å². The molecule has 2 aromatic rings. The molecule has 1 saturated heterocycles. The quantitative estimate of drug-likeness (QED) is 0.500. The van der Waals surface area contributed by atoms with E-state index in [-0.39, 0.29) is 5.97 Å². The number of piperazine rings is 1. The van der Waals surface area contributed by atoms with Gasteiger partial charge in [0.25, 0.3) is 0 Å². The first-order chi connectivity index (χ1) is 16.0. The minimum absolute atomic E-state index is 0.225. The van der Waals surface area contributed by atoms with Gasteiger partial charge < -0.3 is 15.0 Å². The van der Waals surface area contributed by atoms with E-state index in [1.807, 2.05) is 24.9 Å². The minimum Gasteiger partial charge on any atom is -0.462 e. The van der Waals surface area contributed by atoms with E-state index in [0.29, 0.717) is 17.3 Å². The molecule has 1 fully saturated rings. The largest absolute Gasteiger partial charge is 0.462 e. The molecule has 2 aliphatic rings. The van der Waals surface area contributed by atoms with Crippen molar-refractivity contribution in [1.82, 2.24) is 19.6 Å². The molecule has 0 radical (unpaired) electrons. The number of hydrogen-bond acceptors (Lipinski definition) is 6. The van der Waals surface area contributed by atoms with Crippen molar-refractivity contribution in [2.24, 2.45) is 7.05 Å². The number of rotatable bonds is 5. The van der Waals surface area contributed by atoms with Gasteiger partial charge in [-0.3, -0.25) is 9.58 Å². The Bertz CT molecular complexity index is 991. The Balaban J connectivity index is 1.42. The second-order valence-corrected chi connectivity index (χ2v) is 10.4. The number of aromatic nitrogens is 2. The molecule has 0 amide bonds. The molecule has 0 atom stereocenters. The van der Waals surface area contributed by atoms with Gasteiger partial charge in [-0.1, -0.05) is 12.8 Å². The van der Waals surface area contributed by atoms with Crippen molar-refractivity contribution >= 4 is 39.6 Å². The van der Waals surface area contributed by atoms with Crippen LogP contribution in [0.3, 0.4) is 0 Å². The Morgan fingerprint density at radius 3 is 2.58 bits per heavy atom. The lowest BCUT2D eigenvalue weighted by molar-refractivity contribution is 0.0526. The summed E-state index contributed by atoms with van der Waals surface area (Å²) in [6.07, 6.45) is 8.73. The van der Waals surface area contributed by atoms with E-state index in [4.69, 9.17) is 17.0 Å². The normalized spacial score (nSPS) is 17.2. The number of thiophene rings is 1. The SMILES string of the molecule is CCOC(=O)c1c(NC(=S)N2CCN(Cc3cnn(C)c3C)CC2)sc2c1CCCCCC2. The van der Waals surface area contributed by atoms with Crippen LogP contribution in [0.5, 0.6) is 0 Å².